The second-order valence-corrected chi connectivity index (χ2v) is 8.89. The van der Waals surface area contributed by atoms with Gasteiger partial charge in [-0.25, -0.2) is 0 Å². The first-order chi connectivity index (χ1) is 15.5. The molecule has 1 aliphatic rings. The Morgan fingerprint density at radius 3 is 2.50 bits per heavy atom. The van der Waals surface area contributed by atoms with Crippen molar-refractivity contribution in [3.8, 4) is 10.6 Å². The minimum Gasteiger partial charge on any atom is -0.351 e. The molecule has 1 aliphatic carbocycles. The van der Waals surface area contributed by atoms with Crippen LogP contribution in [0.3, 0.4) is 0 Å². The van der Waals surface area contributed by atoms with Crippen molar-refractivity contribution < 1.29 is 9.72 Å². The highest BCUT2D eigenvalue weighted by molar-refractivity contribution is 7.19. The van der Waals surface area contributed by atoms with Crippen molar-refractivity contribution in [3.63, 3.8) is 0 Å². The molecular weight excluding hydrogens is 428 g/mol. The summed E-state index contributed by atoms with van der Waals surface area (Å²) in [7, 11) is 0. The number of nitro benzene ring substituents is 1. The molecule has 1 fully saturated rings. The molecule has 0 aliphatic heterocycles. The Balaban J connectivity index is 1.29. The predicted molar refractivity (Wildman–Crippen MR) is 119 cm³/mol. The zero-order valence-electron chi connectivity index (χ0n) is 17.1. The topological polar surface area (TPSA) is 115 Å². The van der Waals surface area contributed by atoms with Crippen molar-refractivity contribution in [2.75, 3.05) is 0 Å². The number of amides is 1. The summed E-state index contributed by atoms with van der Waals surface area (Å²) < 4.78 is 1.65. The van der Waals surface area contributed by atoms with Gasteiger partial charge in [-0.2, -0.15) is 9.61 Å². The quantitative estimate of drug-likeness (QED) is 0.353. The van der Waals surface area contributed by atoms with Crippen LogP contribution in [0, 0.1) is 10.1 Å². The van der Waals surface area contributed by atoms with E-state index in [-0.39, 0.29) is 11.6 Å². The Bertz CT molecular complexity index is 1240. The SMILES string of the molecule is O=C(NCc1ccc(-c2nn3cnnc3s2)cc1)C1(c2ccc([N+](=O)[O-])cc2)CCCC1. The average Bonchev–Trinajstić information content (AvgIpc) is 3.55. The van der Waals surface area contributed by atoms with E-state index in [4.69, 9.17) is 0 Å². The van der Waals surface area contributed by atoms with Gasteiger partial charge in [0.1, 0.15) is 11.3 Å². The molecule has 5 rings (SSSR count). The summed E-state index contributed by atoms with van der Waals surface area (Å²) in [5, 5.41) is 27.2. The van der Waals surface area contributed by atoms with E-state index in [9.17, 15) is 14.9 Å². The smallest absolute Gasteiger partial charge is 0.269 e. The van der Waals surface area contributed by atoms with E-state index >= 15 is 0 Å². The van der Waals surface area contributed by atoms with Gasteiger partial charge in [0.15, 0.2) is 0 Å². The molecule has 162 valence electrons. The molecule has 2 aromatic carbocycles. The highest BCUT2D eigenvalue weighted by Gasteiger charge is 2.42. The number of non-ortho nitro benzene ring substituents is 1. The number of fused-ring (bicyclic) bond motifs is 1. The third-order valence-electron chi connectivity index (χ3n) is 6.06. The highest BCUT2D eigenvalue weighted by atomic mass is 32.1. The molecule has 0 spiro atoms. The second-order valence-electron chi connectivity index (χ2n) is 7.94. The molecule has 9 nitrogen and oxygen atoms in total. The minimum atomic E-state index is -0.626. The first kappa shape index (κ1) is 20.3. The molecule has 0 bridgehead atoms. The van der Waals surface area contributed by atoms with Gasteiger partial charge in [-0.1, -0.05) is 60.6 Å². The van der Waals surface area contributed by atoms with Gasteiger partial charge in [0.25, 0.3) is 5.69 Å². The van der Waals surface area contributed by atoms with Gasteiger partial charge in [0.05, 0.1) is 10.3 Å². The van der Waals surface area contributed by atoms with Gasteiger partial charge < -0.3 is 5.32 Å². The fraction of sp³-hybridized carbons (Fsp3) is 0.273. The zero-order chi connectivity index (χ0) is 22.1. The number of hydrogen-bond donors (Lipinski definition) is 1. The molecule has 0 atom stereocenters. The number of rotatable bonds is 6. The first-order valence-corrected chi connectivity index (χ1v) is 11.2. The molecular formula is C22H20N6O3S. The average molecular weight is 449 g/mol. The van der Waals surface area contributed by atoms with E-state index in [0.717, 1.165) is 52.3 Å². The van der Waals surface area contributed by atoms with Crippen LogP contribution in [0.25, 0.3) is 15.5 Å². The van der Waals surface area contributed by atoms with Crippen LogP contribution in [0.5, 0.6) is 0 Å². The second kappa shape index (κ2) is 8.12. The van der Waals surface area contributed by atoms with Crippen LogP contribution in [0.1, 0.15) is 36.8 Å². The third kappa shape index (κ3) is 3.62. The molecule has 10 heteroatoms. The molecule has 0 saturated heterocycles. The van der Waals surface area contributed by atoms with E-state index < -0.39 is 10.3 Å². The van der Waals surface area contributed by atoms with E-state index in [0.29, 0.717) is 6.54 Å². The first-order valence-electron chi connectivity index (χ1n) is 10.3. The van der Waals surface area contributed by atoms with Crippen molar-refractivity contribution >= 4 is 27.9 Å². The summed E-state index contributed by atoms with van der Waals surface area (Å²) in [6.45, 7) is 0.416. The number of nitrogens with zero attached hydrogens (tertiary/aromatic N) is 5. The standard InChI is InChI=1S/C22H20N6O3S/c29-20(22(11-1-2-12-22)17-7-9-18(10-8-17)28(30)31)23-13-15-3-5-16(6-4-15)19-26-27-14-24-25-21(27)32-19/h3-10,14H,1-2,11-13H2,(H,23,29). The van der Waals surface area contributed by atoms with Crippen molar-refractivity contribution in [3.05, 3.63) is 76.1 Å². The number of carbonyl (C=O) groups is 1. The Morgan fingerprint density at radius 1 is 1.12 bits per heavy atom. The Hall–Kier alpha value is -3.66. The van der Waals surface area contributed by atoms with Gasteiger partial charge in [-0.3, -0.25) is 14.9 Å². The van der Waals surface area contributed by atoms with Crippen molar-refractivity contribution in [1.29, 1.82) is 0 Å². The van der Waals surface area contributed by atoms with Crippen molar-refractivity contribution in [2.45, 2.75) is 37.6 Å². The molecule has 0 radical (unpaired) electrons. The summed E-state index contributed by atoms with van der Waals surface area (Å²) in [6, 6.07) is 14.3. The maximum absolute atomic E-state index is 13.2. The van der Waals surface area contributed by atoms with Gasteiger partial charge in [-0.05, 0) is 24.0 Å². The number of aromatic nitrogens is 4. The Labute approximate surface area is 187 Å². The third-order valence-corrected chi connectivity index (χ3v) is 7.03. The molecule has 4 aromatic rings. The molecule has 32 heavy (non-hydrogen) atoms. The lowest BCUT2D eigenvalue weighted by Crippen LogP contribution is -2.42. The van der Waals surface area contributed by atoms with Crippen LogP contribution in [0.2, 0.25) is 0 Å². The van der Waals surface area contributed by atoms with Gasteiger partial charge in [0.2, 0.25) is 10.9 Å². The molecule has 1 saturated carbocycles. The summed E-state index contributed by atoms with van der Waals surface area (Å²) in [6.07, 6.45) is 4.99. The summed E-state index contributed by atoms with van der Waals surface area (Å²) >= 11 is 1.46. The monoisotopic (exact) mass is 448 g/mol. The molecule has 0 unspecified atom stereocenters. The maximum Gasteiger partial charge on any atom is 0.269 e. The number of nitro groups is 1. The lowest BCUT2D eigenvalue weighted by molar-refractivity contribution is -0.384. The van der Waals surface area contributed by atoms with Crippen LogP contribution < -0.4 is 5.32 Å². The van der Waals surface area contributed by atoms with Crippen LogP contribution in [0.4, 0.5) is 5.69 Å². The van der Waals surface area contributed by atoms with Gasteiger partial charge >= 0.3 is 0 Å². The molecule has 1 N–H and O–H groups in total. The maximum atomic E-state index is 13.2. The number of nitrogens with one attached hydrogen (secondary N) is 1. The van der Waals surface area contributed by atoms with E-state index in [2.05, 4.69) is 20.6 Å². The Morgan fingerprint density at radius 2 is 1.84 bits per heavy atom. The minimum absolute atomic E-state index is 0.0263. The molecule has 1 amide bonds. The zero-order valence-corrected chi connectivity index (χ0v) is 17.9. The van der Waals surface area contributed by atoms with Crippen LogP contribution >= 0.6 is 11.3 Å². The summed E-state index contributed by atoms with van der Waals surface area (Å²) in [5.41, 5.74) is 2.22. The van der Waals surface area contributed by atoms with E-state index in [1.54, 1.807) is 23.0 Å². The molecule has 2 heterocycles. The van der Waals surface area contributed by atoms with Crippen LogP contribution in [-0.4, -0.2) is 30.6 Å². The van der Waals surface area contributed by atoms with E-state index in [1.807, 2.05) is 24.3 Å². The predicted octanol–water partition coefficient (Wildman–Crippen LogP) is 3.89. The Kier molecular flexibility index (Phi) is 5.14. The highest BCUT2D eigenvalue weighted by Crippen LogP contribution is 2.42. The number of carbonyl (C=O) groups excluding carboxylic acids is 1. The normalized spacial score (nSPS) is 15.1. The lowest BCUT2D eigenvalue weighted by Gasteiger charge is -2.28. The summed E-state index contributed by atoms with van der Waals surface area (Å²) in [5.74, 6) is -0.0263. The lowest BCUT2D eigenvalue weighted by atomic mass is 9.78. The fourth-order valence-corrected chi connectivity index (χ4v) is 5.15. The van der Waals surface area contributed by atoms with Gasteiger partial charge in [-0.15, -0.1) is 10.2 Å². The van der Waals surface area contributed by atoms with Crippen LogP contribution in [-0.2, 0) is 16.8 Å². The van der Waals surface area contributed by atoms with Crippen molar-refractivity contribution in [2.24, 2.45) is 0 Å². The fourth-order valence-electron chi connectivity index (χ4n) is 4.32. The summed E-state index contributed by atoms with van der Waals surface area (Å²) in [4.78, 5) is 24.5. The van der Waals surface area contributed by atoms with Crippen LogP contribution in [0.15, 0.2) is 54.9 Å². The van der Waals surface area contributed by atoms with Gasteiger partial charge in [0, 0.05) is 24.2 Å². The van der Waals surface area contributed by atoms with Crippen molar-refractivity contribution in [1.82, 2.24) is 25.1 Å². The van der Waals surface area contributed by atoms with E-state index in [1.165, 1.54) is 23.5 Å². The number of benzene rings is 2. The largest absolute Gasteiger partial charge is 0.351 e. The molecule has 2 aromatic heterocycles. The number of hydrogen-bond acceptors (Lipinski definition) is 7.